The van der Waals surface area contributed by atoms with Crippen LogP contribution in [-0.2, 0) is 4.79 Å². The number of oxime groups is 1. The minimum atomic E-state index is 0.162. The topological polar surface area (TPSA) is 61.7 Å². The van der Waals surface area contributed by atoms with Crippen LogP contribution in [0.5, 0.6) is 0 Å². The van der Waals surface area contributed by atoms with Crippen molar-refractivity contribution < 1.29 is 10.0 Å². The summed E-state index contributed by atoms with van der Waals surface area (Å²) in [6.07, 6.45) is 3.72. The van der Waals surface area contributed by atoms with Gasteiger partial charge < -0.3 is 10.5 Å². The Morgan fingerprint density at radius 1 is 1.26 bits per heavy atom. The van der Waals surface area contributed by atoms with E-state index in [4.69, 9.17) is 5.21 Å². The maximum atomic E-state index is 12.1. The third-order valence-corrected chi connectivity index (χ3v) is 4.43. The van der Waals surface area contributed by atoms with Crippen LogP contribution in [0.2, 0.25) is 0 Å². The van der Waals surface area contributed by atoms with Crippen LogP contribution in [0.4, 0.5) is 5.69 Å². The highest BCUT2D eigenvalue weighted by atomic mass is 16.4. The Hall–Kier alpha value is -1.84. The molecule has 2 fully saturated rings. The molecule has 2 unspecified atom stereocenters. The van der Waals surface area contributed by atoms with Crippen molar-refractivity contribution in [2.45, 2.75) is 26.2 Å². The second-order valence-electron chi connectivity index (χ2n) is 5.54. The molecule has 2 N–H and O–H groups in total. The largest absolute Gasteiger partial charge is 0.411 e. The Bertz CT molecular complexity index is 511. The first kappa shape index (κ1) is 12.2. The summed E-state index contributed by atoms with van der Waals surface area (Å²) in [5.41, 5.74) is 2.22. The van der Waals surface area contributed by atoms with Crippen molar-refractivity contribution in [2.24, 2.45) is 22.9 Å². The van der Waals surface area contributed by atoms with Gasteiger partial charge in [-0.15, -0.1) is 0 Å². The molecule has 0 radical (unpaired) electrons. The lowest BCUT2D eigenvalue weighted by molar-refractivity contribution is -0.118. The van der Waals surface area contributed by atoms with E-state index in [-0.39, 0.29) is 11.8 Å². The molecule has 3 rings (SSSR count). The van der Waals surface area contributed by atoms with Gasteiger partial charge >= 0.3 is 0 Å². The first-order valence-corrected chi connectivity index (χ1v) is 6.80. The number of benzene rings is 1. The number of nitrogens with one attached hydrogen (secondary N) is 1. The fourth-order valence-corrected chi connectivity index (χ4v) is 3.29. The molecule has 1 aromatic rings. The maximum absolute atomic E-state index is 12.1. The van der Waals surface area contributed by atoms with Gasteiger partial charge in [-0.1, -0.05) is 23.7 Å². The standard InChI is InChI=1S/C15H18N2O2/c1-9(17-19)10-5-7-11(8-6-10)16-15(18)14-12-3-2-4-13(12)14/h5-8,12-14,19H,2-4H2,1H3,(H,16,18)/b17-9-. The van der Waals surface area contributed by atoms with Crippen molar-refractivity contribution in [1.82, 2.24) is 0 Å². The highest BCUT2D eigenvalue weighted by molar-refractivity contribution is 5.99. The molecule has 2 atom stereocenters. The minimum Gasteiger partial charge on any atom is -0.411 e. The Balaban J connectivity index is 1.62. The van der Waals surface area contributed by atoms with Crippen LogP contribution < -0.4 is 5.32 Å². The first-order chi connectivity index (χ1) is 9.20. The molecule has 0 saturated heterocycles. The van der Waals surface area contributed by atoms with E-state index < -0.39 is 0 Å². The van der Waals surface area contributed by atoms with Crippen LogP contribution in [0.1, 0.15) is 31.7 Å². The molecule has 100 valence electrons. The van der Waals surface area contributed by atoms with Crippen LogP contribution in [-0.4, -0.2) is 16.8 Å². The molecule has 0 aliphatic heterocycles. The number of hydrogen-bond acceptors (Lipinski definition) is 3. The van der Waals surface area contributed by atoms with E-state index in [1.165, 1.54) is 19.3 Å². The Labute approximate surface area is 112 Å². The Morgan fingerprint density at radius 2 is 1.89 bits per heavy atom. The number of hydrogen-bond donors (Lipinski definition) is 2. The van der Waals surface area contributed by atoms with Gasteiger partial charge in [0, 0.05) is 11.6 Å². The zero-order valence-electron chi connectivity index (χ0n) is 11.0. The lowest BCUT2D eigenvalue weighted by atomic mass is 10.1. The van der Waals surface area contributed by atoms with E-state index in [2.05, 4.69) is 10.5 Å². The summed E-state index contributed by atoms with van der Waals surface area (Å²) in [6, 6.07) is 7.39. The Kier molecular flexibility index (Phi) is 3.01. The van der Waals surface area contributed by atoms with Crippen molar-refractivity contribution >= 4 is 17.3 Å². The maximum Gasteiger partial charge on any atom is 0.228 e. The summed E-state index contributed by atoms with van der Waals surface area (Å²) >= 11 is 0. The molecule has 2 saturated carbocycles. The summed E-state index contributed by atoms with van der Waals surface area (Å²) in [6.45, 7) is 1.74. The first-order valence-electron chi connectivity index (χ1n) is 6.80. The highest BCUT2D eigenvalue weighted by Crippen LogP contribution is 2.57. The zero-order valence-corrected chi connectivity index (χ0v) is 11.0. The Morgan fingerprint density at radius 3 is 2.47 bits per heavy atom. The smallest absolute Gasteiger partial charge is 0.228 e. The van der Waals surface area contributed by atoms with Gasteiger partial charge in [-0.2, -0.15) is 0 Å². The zero-order chi connectivity index (χ0) is 13.4. The lowest BCUT2D eigenvalue weighted by Crippen LogP contribution is -2.16. The predicted octanol–water partition coefficient (Wildman–Crippen LogP) is 2.87. The molecule has 4 heteroatoms. The van der Waals surface area contributed by atoms with Gasteiger partial charge in [0.2, 0.25) is 5.91 Å². The van der Waals surface area contributed by atoms with Gasteiger partial charge in [0.15, 0.2) is 0 Å². The number of fused-ring (bicyclic) bond motifs is 1. The number of anilines is 1. The third-order valence-electron chi connectivity index (χ3n) is 4.43. The average molecular weight is 258 g/mol. The molecule has 1 aromatic carbocycles. The fourth-order valence-electron chi connectivity index (χ4n) is 3.29. The van der Waals surface area contributed by atoms with Gasteiger partial charge in [0.25, 0.3) is 0 Å². The molecule has 19 heavy (non-hydrogen) atoms. The van der Waals surface area contributed by atoms with E-state index in [9.17, 15) is 4.79 Å². The van der Waals surface area contributed by atoms with E-state index in [0.29, 0.717) is 17.5 Å². The summed E-state index contributed by atoms with van der Waals surface area (Å²) in [5, 5.41) is 14.8. The minimum absolute atomic E-state index is 0.162. The number of carbonyl (C=O) groups is 1. The summed E-state index contributed by atoms with van der Waals surface area (Å²) in [5.74, 6) is 1.69. The van der Waals surface area contributed by atoms with Crippen molar-refractivity contribution in [3.8, 4) is 0 Å². The van der Waals surface area contributed by atoms with Gasteiger partial charge in [-0.25, -0.2) is 0 Å². The number of nitrogens with zero attached hydrogens (tertiary/aromatic N) is 1. The normalized spacial score (nSPS) is 28.9. The number of carbonyl (C=O) groups excluding carboxylic acids is 1. The van der Waals surface area contributed by atoms with Crippen LogP contribution in [0.25, 0.3) is 0 Å². The van der Waals surface area contributed by atoms with E-state index in [1.807, 2.05) is 24.3 Å². The van der Waals surface area contributed by atoms with Crippen molar-refractivity contribution in [3.05, 3.63) is 29.8 Å². The molecular formula is C15H18N2O2. The van der Waals surface area contributed by atoms with Crippen LogP contribution >= 0.6 is 0 Å². The predicted molar refractivity (Wildman–Crippen MR) is 73.4 cm³/mol. The molecule has 1 amide bonds. The monoisotopic (exact) mass is 258 g/mol. The van der Waals surface area contributed by atoms with Crippen LogP contribution in [0.3, 0.4) is 0 Å². The molecule has 0 heterocycles. The van der Waals surface area contributed by atoms with Gasteiger partial charge in [-0.3, -0.25) is 4.79 Å². The van der Waals surface area contributed by atoms with Crippen molar-refractivity contribution in [1.29, 1.82) is 0 Å². The van der Waals surface area contributed by atoms with Gasteiger partial charge in [-0.05, 0) is 49.3 Å². The summed E-state index contributed by atoms with van der Waals surface area (Å²) in [7, 11) is 0. The van der Waals surface area contributed by atoms with E-state index in [1.54, 1.807) is 6.92 Å². The van der Waals surface area contributed by atoms with E-state index in [0.717, 1.165) is 11.3 Å². The molecule has 0 spiro atoms. The number of rotatable bonds is 3. The molecule has 0 bridgehead atoms. The SMILES string of the molecule is C/C(=N/O)c1ccc(NC(=O)C2C3CCCC32)cc1. The van der Waals surface area contributed by atoms with Crippen LogP contribution in [0, 0.1) is 17.8 Å². The third kappa shape index (κ3) is 2.23. The van der Waals surface area contributed by atoms with Crippen molar-refractivity contribution in [3.63, 3.8) is 0 Å². The van der Waals surface area contributed by atoms with Crippen LogP contribution in [0.15, 0.2) is 29.4 Å². The van der Waals surface area contributed by atoms with E-state index >= 15 is 0 Å². The number of amides is 1. The van der Waals surface area contributed by atoms with Gasteiger partial charge in [0.05, 0.1) is 5.71 Å². The molecule has 4 nitrogen and oxygen atoms in total. The van der Waals surface area contributed by atoms with Crippen molar-refractivity contribution in [2.75, 3.05) is 5.32 Å². The molecule has 2 aliphatic rings. The quantitative estimate of drug-likeness (QED) is 0.497. The summed E-state index contributed by atoms with van der Waals surface area (Å²) < 4.78 is 0. The second kappa shape index (κ2) is 4.68. The fraction of sp³-hybridized carbons (Fsp3) is 0.467. The lowest BCUT2D eigenvalue weighted by Gasteiger charge is -2.07. The molecular weight excluding hydrogens is 240 g/mol. The molecule has 0 aromatic heterocycles. The molecule has 2 aliphatic carbocycles. The van der Waals surface area contributed by atoms with Gasteiger partial charge in [0.1, 0.15) is 0 Å². The summed E-state index contributed by atoms with van der Waals surface area (Å²) in [4.78, 5) is 12.1. The average Bonchev–Trinajstić information content (AvgIpc) is 2.92. The highest BCUT2D eigenvalue weighted by Gasteiger charge is 2.56. The second-order valence-corrected chi connectivity index (χ2v) is 5.54.